The van der Waals surface area contributed by atoms with Crippen LogP contribution >= 0.6 is 0 Å². The number of aromatic amines is 2. The number of fused-ring (bicyclic) bond motifs is 1. The van der Waals surface area contributed by atoms with Crippen LogP contribution in [-0.2, 0) is 6.54 Å². The number of imidazole rings is 2. The fourth-order valence-electron chi connectivity index (χ4n) is 1.83. The summed E-state index contributed by atoms with van der Waals surface area (Å²) >= 11 is 0. The minimum absolute atomic E-state index is 0.686. The number of aromatic nitrogens is 4. The van der Waals surface area contributed by atoms with E-state index < -0.39 is 0 Å². The van der Waals surface area contributed by atoms with Crippen molar-refractivity contribution in [2.24, 2.45) is 0 Å². The van der Waals surface area contributed by atoms with Crippen LogP contribution in [0.25, 0.3) is 11.0 Å². The van der Waals surface area contributed by atoms with Crippen molar-refractivity contribution in [1.29, 1.82) is 0 Å². The van der Waals surface area contributed by atoms with Crippen molar-refractivity contribution in [1.82, 2.24) is 19.9 Å². The van der Waals surface area contributed by atoms with Crippen LogP contribution < -0.4 is 5.32 Å². The SMILES string of the molecule is Cc1nc2ccc(NCc3ncc[nH]3)cc2[nH]1. The Morgan fingerprint density at radius 2 is 2.29 bits per heavy atom. The van der Waals surface area contributed by atoms with E-state index in [1.165, 1.54) is 0 Å². The van der Waals surface area contributed by atoms with Crippen LogP contribution in [0.2, 0.25) is 0 Å². The van der Waals surface area contributed by atoms with E-state index in [0.717, 1.165) is 28.4 Å². The van der Waals surface area contributed by atoms with Gasteiger partial charge >= 0.3 is 0 Å². The number of benzene rings is 1. The summed E-state index contributed by atoms with van der Waals surface area (Å²) in [6.07, 6.45) is 3.57. The highest BCUT2D eigenvalue weighted by atomic mass is 15.0. The zero-order chi connectivity index (χ0) is 11.7. The van der Waals surface area contributed by atoms with E-state index in [9.17, 15) is 0 Å². The van der Waals surface area contributed by atoms with Gasteiger partial charge in [-0.15, -0.1) is 0 Å². The average Bonchev–Trinajstić information content (AvgIpc) is 2.92. The number of hydrogen-bond acceptors (Lipinski definition) is 3. The summed E-state index contributed by atoms with van der Waals surface area (Å²) in [5, 5.41) is 3.31. The molecule has 0 saturated carbocycles. The van der Waals surface area contributed by atoms with E-state index in [1.807, 2.05) is 25.3 Å². The molecular formula is C12H13N5. The van der Waals surface area contributed by atoms with Gasteiger partial charge in [0.25, 0.3) is 0 Å². The summed E-state index contributed by atoms with van der Waals surface area (Å²) < 4.78 is 0. The fraction of sp³-hybridized carbons (Fsp3) is 0.167. The Bertz CT molecular complexity index is 623. The highest BCUT2D eigenvalue weighted by molar-refractivity contribution is 5.79. The van der Waals surface area contributed by atoms with Crippen LogP contribution in [0.5, 0.6) is 0 Å². The molecule has 3 aromatic rings. The Morgan fingerprint density at radius 3 is 3.12 bits per heavy atom. The molecule has 0 aliphatic heterocycles. The van der Waals surface area contributed by atoms with Gasteiger partial charge in [0.15, 0.2) is 0 Å². The first-order chi connectivity index (χ1) is 8.31. The third-order valence-electron chi connectivity index (χ3n) is 2.62. The van der Waals surface area contributed by atoms with Gasteiger partial charge in [0, 0.05) is 18.1 Å². The molecule has 1 aromatic carbocycles. The van der Waals surface area contributed by atoms with Gasteiger partial charge in [-0.3, -0.25) is 0 Å². The van der Waals surface area contributed by atoms with Crippen LogP contribution in [0.15, 0.2) is 30.6 Å². The molecule has 3 N–H and O–H groups in total. The smallest absolute Gasteiger partial charge is 0.125 e. The summed E-state index contributed by atoms with van der Waals surface area (Å²) in [5.74, 6) is 1.86. The Kier molecular flexibility index (Phi) is 2.29. The minimum Gasteiger partial charge on any atom is -0.378 e. The summed E-state index contributed by atoms with van der Waals surface area (Å²) in [4.78, 5) is 14.8. The molecule has 0 amide bonds. The largest absolute Gasteiger partial charge is 0.378 e. The molecule has 0 unspecified atom stereocenters. The van der Waals surface area contributed by atoms with Crippen molar-refractivity contribution in [3.8, 4) is 0 Å². The van der Waals surface area contributed by atoms with Crippen molar-refractivity contribution >= 4 is 16.7 Å². The zero-order valence-corrected chi connectivity index (χ0v) is 9.49. The van der Waals surface area contributed by atoms with Crippen molar-refractivity contribution in [2.75, 3.05) is 5.32 Å². The number of H-pyrrole nitrogens is 2. The molecule has 86 valence electrons. The molecule has 0 fully saturated rings. The third-order valence-corrected chi connectivity index (χ3v) is 2.62. The maximum absolute atomic E-state index is 4.36. The predicted octanol–water partition coefficient (Wildman–Crippen LogP) is 2.21. The van der Waals surface area contributed by atoms with Crippen LogP contribution in [0.3, 0.4) is 0 Å². The number of hydrogen-bond donors (Lipinski definition) is 3. The van der Waals surface area contributed by atoms with E-state index in [2.05, 4.69) is 31.3 Å². The molecule has 0 radical (unpaired) electrons. The number of anilines is 1. The summed E-state index contributed by atoms with van der Waals surface area (Å²) in [6, 6.07) is 6.08. The first kappa shape index (κ1) is 9.89. The van der Waals surface area contributed by atoms with Crippen LogP contribution in [-0.4, -0.2) is 19.9 Å². The van der Waals surface area contributed by atoms with E-state index in [-0.39, 0.29) is 0 Å². The Balaban J connectivity index is 1.81. The van der Waals surface area contributed by atoms with Crippen LogP contribution in [0, 0.1) is 6.92 Å². The highest BCUT2D eigenvalue weighted by Gasteiger charge is 2.01. The molecule has 2 aromatic heterocycles. The maximum atomic E-state index is 4.36. The Morgan fingerprint density at radius 1 is 1.35 bits per heavy atom. The van der Waals surface area contributed by atoms with Crippen LogP contribution in [0.4, 0.5) is 5.69 Å². The molecular weight excluding hydrogens is 214 g/mol. The first-order valence-electron chi connectivity index (χ1n) is 5.50. The molecule has 2 heterocycles. The van der Waals surface area contributed by atoms with Gasteiger partial charge in [-0.05, 0) is 25.1 Å². The van der Waals surface area contributed by atoms with Gasteiger partial charge in [0.05, 0.1) is 17.6 Å². The first-order valence-corrected chi connectivity index (χ1v) is 5.50. The molecule has 17 heavy (non-hydrogen) atoms. The summed E-state index contributed by atoms with van der Waals surface area (Å²) in [6.45, 7) is 2.64. The van der Waals surface area contributed by atoms with E-state index in [1.54, 1.807) is 6.20 Å². The maximum Gasteiger partial charge on any atom is 0.125 e. The second-order valence-corrected chi connectivity index (χ2v) is 3.94. The zero-order valence-electron chi connectivity index (χ0n) is 9.49. The number of nitrogens with one attached hydrogen (secondary N) is 3. The van der Waals surface area contributed by atoms with Gasteiger partial charge in [0.2, 0.25) is 0 Å². The lowest BCUT2D eigenvalue weighted by Gasteiger charge is -2.03. The highest BCUT2D eigenvalue weighted by Crippen LogP contribution is 2.17. The lowest BCUT2D eigenvalue weighted by Crippen LogP contribution is -2.00. The lowest BCUT2D eigenvalue weighted by atomic mass is 10.3. The second-order valence-electron chi connectivity index (χ2n) is 3.94. The normalized spacial score (nSPS) is 10.9. The molecule has 0 bridgehead atoms. The molecule has 0 spiro atoms. The molecule has 3 rings (SSSR count). The van der Waals surface area contributed by atoms with Crippen molar-refractivity contribution < 1.29 is 0 Å². The van der Waals surface area contributed by atoms with Crippen molar-refractivity contribution in [2.45, 2.75) is 13.5 Å². The third kappa shape index (κ3) is 1.99. The number of aryl methyl sites for hydroxylation is 1. The molecule has 0 saturated heterocycles. The lowest BCUT2D eigenvalue weighted by molar-refractivity contribution is 1.00. The van der Waals surface area contributed by atoms with E-state index in [4.69, 9.17) is 0 Å². The van der Waals surface area contributed by atoms with Crippen LogP contribution in [0.1, 0.15) is 11.6 Å². The topological polar surface area (TPSA) is 69.4 Å². The van der Waals surface area contributed by atoms with E-state index >= 15 is 0 Å². The predicted molar refractivity (Wildman–Crippen MR) is 66.7 cm³/mol. The Labute approximate surface area is 98.3 Å². The Hall–Kier alpha value is -2.30. The number of nitrogens with zero attached hydrogens (tertiary/aromatic N) is 2. The van der Waals surface area contributed by atoms with Gasteiger partial charge in [-0.1, -0.05) is 0 Å². The van der Waals surface area contributed by atoms with Crippen molar-refractivity contribution in [3.63, 3.8) is 0 Å². The monoisotopic (exact) mass is 227 g/mol. The summed E-state index contributed by atoms with van der Waals surface area (Å²) in [7, 11) is 0. The number of rotatable bonds is 3. The standard InChI is InChI=1S/C12H13N5/c1-8-16-10-3-2-9(6-11(10)17-8)15-7-12-13-4-5-14-12/h2-6,15H,7H2,1H3,(H,13,14)(H,16,17). The fourth-order valence-corrected chi connectivity index (χ4v) is 1.83. The molecule has 5 heteroatoms. The molecule has 0 aliphatic carbocycles. The molecule has 5 nitrogen and oxygen atoms in total. The minimum atomic E-state index is 0.686. The van der Waals surface area contributed by atoms with E-state index in [0.29, 0.717) is 6.54 Å². The molecule has 0 aliphatic rings. The second kappa shape index (κ2) is 3.93. The van der Waals surface area contributed by atoms with Gasteiger partial charge in [-0.2, -0.15) is 0 Å². The summed E-state index contributed by atoms with van der Waals surface area (Å²) in [5.41, 5.74) is 3.09. The molecule has 0 atom stereocenters. The quantitative estimate of drug-likeness (QED) is 0.642. The van der Waals surface area contributed by atoms with Gasteiger partial charge in [-0.25, -0.2) is 9.97 Å². The van der Waals surface area contributed by atoms with Crippen molar-refractivity contribution in [3.05, 3.63) is 42.2 Å². The van der Waals surface area contributed by atoms with Gasteiger partial charge < -0.3 is 15.3 Å². The van der Waals surface area contributed by atoms with Gasteiger partial charge in [0.1, 0.15) is 11.6 Å². The average molecular weight is 227 g/mol.